The second-order valence-corrected chi connectivity index (χ2v) is 12.0. The highest BCUT2D eigenvalue weighted by atomic mass is 16.5. The highest BCUT2D eigenvalue weighted by Gasteiger charge is 2.60. The van der Waals surface area contributed by atoms with Crippen molar-refractivity contribution in [1.82, 2.24) is 0 Å². The van der Waals surface area contributed by atoms with Crippen LogP contribution in [0.5, 0.6) is 0 Å². The molecular formula is C29H46O4. The number of aliphatic hydroxyl groups is 1. The number of fused-ring (bicyclic) bond motifs is 5. The Morgan fingerprint density at radius 2 is 1.67 bits per heavy atom. The number of ketones is 1. The average molecular weight is 459 g/mol. The Bertz CT molecular complexity index is 757. The molecule has 0 bridgehead atoms. The van der Waals surface area contributed by atoms with Crippen LogP contribution in [0.2, 0.25) is 0 Å². The summed E-state index contributed by atoms with van der Waals surface area (Å²) in [5.74, 6) is 1.30. The molecule has 0 aromatic heterocycles. The van der Waals surface area contributed by atoms with Crippen molar-refractivity contribution in [2.24, 2.45) is 28.6 Å². The molecule has 0 aromatic rings. The summed E-state index contributed by atoms with van der Waals surface area (Å²) in [4.78, 5) is 25.1. The first-order chi connectivity index (χ1) is 15.8. The van der Waals surface area contributed by atoms with Crippen molar-refractivity contribution in [3.05, 3.63) is 11.6 Å². The molecule has 4 aliphatic rings. The molecule has 0 aromatic carbocycles. The monoisotopic (exact) mass is 458 g/mol. The molecule has 4 nitrogen and oxygen atoms in total. The molecule has 0 aliphatic heterocycles. The number of esters is 1. The molecule has 0 saturated heterocycles. The number of carbonyl (C=O) groups excluding carboxylic acids is 2. The molecule has 0 spiro atoms. The van der Waals surface area contributed by atoms with Crippen molar-refractivity contribution in [1.29, 1.82) is 0 Å². The van der Waals surface area contributed by atoms with Crippen molar-refractivity contribution < 1.29 is 19.4 Å². The molecule has 186 valence electrons. The first-order valence-corrected chi connectivity index (χ1v) is 13.9. The van der Waals surface area contributed by atoms with E-state index in [-0.39, 0.29) is 28.8 Å². The Hall–Kier alpha value is -1.16. The van der Waals surface area contributed by atoms with Crippen LogP contribution in [0.4, 0.5) is 0 Å². The topological polar surface area (TPSA) is 63.6 Å². The van der Waals surface area contributed by atoms with Crippen LogP contribution in [-0.2, 0) is 14.3 Å². The van der Waals surface area contributed by atoms with Crippen LogP contribution < -0.4 is 0 Å². The second-order valence-electron chi connectivity index (χ2n) is 12.0. The van der Waals surface area contributed by atoms with Crippen LogP contribution >= 0.6 is 0 Å². The minimum atomic E-state index is -0.476. The predicted molar refractivity (Wildman–Crippen MR) is 131 cm³/mol. The second kappa shape index (κ2) is 10.2. The van der Waals surface area contributed by atoms with Gasteiger partial charge in [0.2, 0.25) is 0 Å². The van der Waals surface area contributed by atoms with Crippen LogP contribution in [0.25, 0.3) is 0 Å². The summed E-state index contributed by atoms with van der Waals surface area (Å²) in [5, 5.41) is 11.2. The Kier molecular flexibility index (Phi) is 7.73. The van der Waals surface area contributed by atoms with E-state index >= 15 is 0 Å². The van der Waals surface area contributed by atoms with E-state index < -0.39 is 6.10 Å². The number of hydrogen-bond donors (Lipinski definition) is 1. The van der Waals surface area contributed by atoms with Gasteiger partial charge in [-0.25, -0.2) is 0 Å². The van der Waals surface area contributed by atoms with E-state index in [4.69, 9.17) is 4.74 Å². The lowest BCUT2D eigenvalue weighted by Gasteiger charge is -2.58. The number of unbranched alkanes of at least 4 members (excludes halogenated alkanes) is 6. The zero-order valence-corrected chi connectivity index (χ0v) is 21.2. The normalized spacial score (nSPS) is 39.9. The van der Waals surface area contributed by atoms with Crippen LogP contribution in [0.15, 0.2) is 11.6 Å². The third kappa shape index (κ3) is 4.83. The summed E-state index contributed by atoms with van der Waals surface area (Å²) >= 11 is 0. The molecule has 33 heavy (non-hydrogen) atoms. The molecule has 4 heteroatoms. The minimum absolute atomic E-state index is 0.0490. The molecular weight excluding hydrogens is 412 g/mol. The molecule has 0 radical (unpaired) electrons. The molecule has 4 unspecified atom stereocenters. The van der Waals surface area contributed by atoms with Gasteiger partial charge in [-0.3, -0.25) is 9.59 Å². The summed E-state index contributed by atoms with van der Waals surface area (Å²) in [5.41, 5.74) is 1.13. The maximum absolute atomic E-state index is 12.6. The number of carbonyl (C=O) groups is 2. The molecule has 3 fully saturated rings. The summed E-state index contributed by atoms with van der Waals surface area (Å²) in [6.45, 7) is 6.76. The van der Waals surface area contributed by atoms with Crippen molar-refractivity contribution >= 4 is 11.8 Å². The molecule has 4 aliphatic carbocycles. The standard InChI is InChI=1S/C29H46O4/c1-4-5-6-7-8-9-10-11-26(32)33-21-14-16-28(2)20(18-21)19-24(30)27-22-12-13-25(31)29(22,3)17-15-23(27)28/h19,21-24,27,30H,4-18H2,1-3H3/t21-,22?,23?,24?,27?,28-,29-/m0/s1. The van der Waals surface area contributed by atoms with E-state index in [1.165, 1.54) is 37.7 Å². The number of aliphatic hydroxyl groups excluding tert-OH is 1. The third-order valence-electron chi connectivity index (χ3n) is 10.1. The van der Waals surface area contributed by atoms with Gasteiger partial charge in [-0.1, -0.05) is 70.9 Å². The van der Waals surface area contributed by atoms with Gasteiger partial charge in [0.25, 0.3) is 0 Å². The van der Waals surface area contributed by atoms with Crippen molar-refractivity contribution in [3.8, 4) is 0 Å². The average Bonchev–Trinajstić information content (AvgIpc) is 3.09. The zero-order valence-electron chi connectivity index (χ0n) is 21.2. The number of Topliss-reactive ketones (excluding diaryl/α,β-unsaturated/α-hetero) is 1. The van der Waals surface area contributed by atoms with Crippen LogP contribution in [0, 0.1) is 28.6 Å². The van der Waals surface area contributed by atoms with Gasteiger partial charge in [-0.05, 0) is 61.7 Å². The lowest BCUT2D eigenvalue weighted by atomic mass is 9.47. The van der Waals surface area contributed by atoms with E-state index in [0.717, 1.165) is 51.4 Å². The van der Waals surface area contributed by atoms with Crippen molar-refractivity contribution in [2.75, 3.05) is 0 Å². The fourth-order valence-corrected chi connectivity index (χ4v) is 7.96. The van der Waals surface area contributed by atoms with Gasteiger partial charge in [0, 0.05) is 24.7 Å². The summed E-state index contributed by atoms with van der Waals surface area (Å²) in [7, 11) is 0. The first kappa shape index (κ1) is 24.9. The quantitative estimate of drug-likeness (QED) is 0.242. The Labute approximate surface area is 200 Å². The number of ether oxygens (including phenoxy) is 1. The van der Waals surface area contributed by atoms with E-state index in [0.29, 0.717) is 30.5 Å². The lowest BCUT2D eigenvalue weighted by Crippen LogP contribution is -2.54. The molecule has 7 atom stereocenters. The van der Waals surface area contributed by atoms with Gasteiger partial charge in [0.05, 0.1) is 6.10 Å². The number of hydrogen-bond acceptors (Lipinski definition) is 4. The molecule has 4 rings (SSSR count). The largest absolute Gasteiger partial charge is 0.462 e. The maximum Gasteiger partial charge on any atom is 0.306 e. The predicted octanol–water partition coefficient (Wildman–Crippen LogP) is 6.54. The summed E-state index contributed by atoms with van der Waals surface area (Å²) in [6, 6.07) is 0. The Morgan fingerprint density at radius 3 is 2.42 bits per heavy atom. The Morgan fingerprint density at radius 1 is 1.00 bits per heavy atom. The fourth-order valence-electron chi connectivity index (χ4n) is 7.96. The van der Waals surface area contributed by atoms with E-state index in [1.54, 1.807) is 0 Å². The molecule has 0 heterocycles. The van der Waals surface area contributed by atoms with Crippen molar-refractivity contribution in [2.45, 2.75) is 129 Å². The Balaban J connectivity index is 1.32. The van der Waals surface area contributed by atoms with Gasteiger partial charge >= 0.3 is 5.97 Å². The van der Waals surface area contributed by atoms with Gasteiger partial charge < -0.3 is 9.84 Å². The maximum atomic E-state index is 12.6. The summed E-state index contributed by atoms with van der Waals surface area (Å²) in [6.07, 6.45) is 16.8. The molecule has 0 amide bonds. The highest BCUT2D eigenvalue weighted by molar-refractivity contribution is 5.87. The number of rotatable bonds is 9. The minimum Gasteiger partial charge on any atom is -0.462 e. The van der Waals surface area contributed by atoms with Crippen LogP contribution in [0.3, 0.4) is 0 Å². The van der Waals surface area contributed by atoms with Gasteiger partial charge in [-0.15, -0.1) is 0 Å². The smallest absolute Gasteiger partial charge is 0.306 e. The zero-order chi connectivity index (χ0) is 23.6. The highest BCUT2D eigenvalue weighted by Crippen LogP contribution is 2.64. The fraction of sp³-hybridized carbons (Fsp3) is 0.862. The van der Waals surface area contributed by atoms with E-state index in [1.807, 2.05) is 0 Å². The SMILES string of the molecule is CCCCCCCCCC(=O)O[C@H]1CC[C@@]2(C)C(=CC(O)C3C2CC[C@]2(C)C(=O)CCC32)C1. The molecule has 1 N–H and O–H groups in total. The van der Waals surface area contributed by atoms with Gasteiger partial charge in [-0.2, -0.15) is 0 Å². The van der Waals surface area contributed by atoms with E-state index in [2.05, 4.69) is 26.8 Å². The first-order valence-electron chi connectivity index (χ1n) is 13.9. The lowest BCUT2D eigenvalue weighted by molar-refractivity contribution is -0.152. The third-order valence-corrected chi connectivity index (χ3v) is 10.1. The van der Waals surface area contributed by atoms with Crippen LogP contribution in [0.1, 0.15) is 117 Å². The van der Waals surface area contributed by atoms with Crippen LogP contribution in [-0.4, -0.2) is 29.1 Å². The van der Waals surface area contributed by atoms with Gasteiger partial charge in [0.1, 0.15) is 11.9 Å². The van der Waals surface area contributed by atoms with Crippen molar-refractivity contribution in [3.63, 3.8) is 0 Å². The summed E-state index contributed by atoms with van der Waals surface area (Å²) < 4.78 is 5.90. The molecule has 3 saturated carbocycles. The van der Waals surface area contributed by atoms with Gasteiger partial charge in [0.15, 0.2) is 0 Å². The van der Waals surface area contributed by atoms with E-state index in [9.17, 15) is 14.7 Å².